The Labute approximate surface area is 99.6 Å². The largest absolute Gasteiger partial charge is 0.480 e. The van der Waals surface area contributed by atoms with Crippen molar-refractivity contribution in [3.05, 3.63) is 35.9 Å². The Balaban J connectivity index is 2.28. The summed E-state index contributed by atoms with van der Waals surface area (Å²) in [5.74, 6) is -1.40. The van der Waals surface area contributed by atoms with Gasteiger partial charge in [-0.1, -0.05) is 30.3 Å². The monoisotopic (exact) mass is 237 g/mol. The molecule has 0 spiro atoms. The highest BCUT2D eigenvalue weighted by atomic mass is 16.5. The van der Waals surface area contributed by atoms with Gasteiger partial charge in [-0.2, -0.15) is 0 Å². The first-order chi connectivity index (χ1) is 8.08. The predicted octanol–water partition coefficient (Wildman–Crippen LogP) is 0.746. The number of benzene rings is 1. The van der Waals surface area contributed by atoms with Gasteiger partial charge < -0.3 is 9.84 Å². The van der Waals surface area contributed by atoms with Crippen LogP contribution in [0.5, 0.6) is 0 Å². The molecule has 1 aromatic rings. The summed E-state index contributed by atoms with van der Waals surface area (Å²) in [5.41, 5.74) is 0.904. The van der Waals surface area contributed by atoms with Crippen LogP contribution in [-0.2, 0) is 20.9 Å². The number of hydrogen-bond acceptors (Lipinski definition) is 4. The average molecular weight is 237 g/mol. The lowest BCUT2D eigenvalue weighted by Gasteiger charge is -2.12. The molecule has 0 radical (unpaired) electrons. The molecule has 5 heteroatoms. The van der Waals surface area contributed by atoms with E-state index < -0.39 is 11.9 Å². The maximum atomic E-state index is 11.4. The molecule has 92 valence electrons. The third-order valence-corrected chi connectivity index (χ3v) is 2.05. The molecule has 0 saturated carbocycles. The molecule has 1 N–H and O–H groups in total. The number of ether oxygens (including phenoxy) is 1. The highest BCUT2D eigenvalue weighted by Gasteiger charge is 2.10. The van der Waals surface area contributed by atoms with Crippen molar-refractivity contribution in [3.63, 3.8) is 0 Å². The van der Waals surface area contributed by atoms with Crippen LogP contribution in [0.25, 0.3) is 0 Å². The van der Waals surface area contributed by atoms with Crippen LogP contribution in [-0.4, -0.2) is 42.1 Å². The average Bonchev–Trinajstić information content (AvgIpc) is 2.26. The van der Waals surface area contributed by atoms with Crippen molar-refractivity contribution in [1.29, 1.82) is 0 Å². The molecule has 0 unspecified atom stereocenters. The molecule has 0 amide bonds. The van der Waals surface area contributed by atoms with Gasteiger partial charge in [-0.3, -0.25) is 14.5 Å². The first-order valence-electron chi connectivity index (χ1n) is 5.18. The number of carbonyl (C=O) groups is 2. The molecular formula is C12H15NO4. The van der Waals surface area contributed by atoms with E-state index >= 15 is 0 Å². The second-order valence-electron chi connectivity index (χ2n) is 3.71. The molecule has 0 aromatic heterocycles. The minimum Gasteiger partial charge on any atom is -0.480 e. The van der Waals surface area contributed by atoms with Crippen molar-refractivity contribution in [2.75, 3.05) is 20.1 Å². The van der Waals surface area contributed by atoms with E-state index in [-0.39, 0.29) is 19.7 Å². The summed E-state index contributed by atoms with van der Waals surface area (Å²) in [6.07, 6.45) is 0. The van der Waals surface area contributed by atoms with Crippen molar-refractivity contribution in [1.82, 2.24) is 4.90 Å². The number of nitrogens with zero attached hydrogens (tertiary/aromatic N) is 1. The van der Waals surface area contributed by atoms with Crippen LogP contribution >= 0.6 is 0 Å². The summed E-state index contributed by atoms with van der Waals surface area (Å²) < 4.78 is 5.01. The van der Waals surface area contributed by atoms with Crippen LogP contribution in [0.2, 0.25) is 0 Å². The molecule has 0 aliphatic heterocycles. The van der Waals surface area contributed by atoms with Gasteiger partial charge in [-0.25, -0.2) is 0 Å². The number of carbonyl (C=O) groups excluding carboxylic acids is 1. The summed E-state index contributed by atoms with van der Waals surface area (Å²) in [4.78, 5) is 23.1. The van der Waals surface area contributed by atoms with Crippen molar-refractivity contribution in [2.24, 2.45) is 0 Å². The number of rotatable bonds is 6. The minimum atomic E-state index is -0.969. The van der Waals surface area contributed by atoms with Gasteiger partial charge in [0.1, 0.15) is 6.61 Å². The van der Waals surface area contributed by atoms with E-state index in [0.29, 0.717) is 0 Å². The Kier molecular flexibility index (Phi) is 5.16. The van der Waals surface area contributed by atoms with Crippen molar-refractivity contribution in [2.45, 2.75) is 6.61 Å². The van der Waals surface area contributed by atoms with Crippen LogP contribution in [0.1, 0.15) is 5.56 Å². The number of aliphatic carboxylic acids is 1. The summed E-state index contributed by atoms with van der Waals surface area (Å²) in [6.45, 7) is 0.000154. The van der Waals surface area contributed by atoms with Gasteiger partial charge in [0.15, 0.2) is 0 Å². The molecule has 5 nitrogen and oxygen atoms in total. The fourth-order valence-electron chi connectivity index (χ4n) is 1.29. The zero-order valence-corrected chi connectivity index (χ0v) is 9.63. The van der Waals surface area contributed by atoms with E-state index in [1.54, 1.807) is 7.05 Å². The van der Waals surface area contributed by atoms with Gasteiger partial charge in [0.05, 0.1) is 13.1 Å². The summed E-state index contributed by atoms with van der Waals surface area (Å²) in [7, 11) is 1.55. The zero-order valence-electron chi connectivity index (χ0n) is 9.63. The number of esters is 1. The number of likely N-dealkylation sites (N-methyl/N-ethyl adjacent to an activating group) is 1. The normalized spacial score (nSPS) is 10.2. The Morgan fingerprint density at radius 1 is 1.24 bits per heavy atom. The zero-order chi connectivity index (χ0) is 12.7. The summed E-state index contributed by atoms with van der Waals surface area (Å²) >= 11 is 0. The fraction of sp³-hybridized carbons (Fsp3) is 0.333. The molecule has 0 bridgehead atoms. The van der Waals surface area contributed by atoms with Crippen molar-refractivity contribution < 1.29 is 19.4 Å². The SMILES string of the molecule is CN(CC(=O)O)CC(=O)OCc1ccccc1. The lowest BCUT2D eigenvalue weighted by molar-refractivity contribution is -0.147. The maximum absolute atomic E-state index is 11.4. The Morgan fingerprint density at radius 3 is 2.47 bits per heavy atom. The quantitative estimate of drug-likeness (QED) is 0.739. The standard InChI is InChI=1S/C12H15NO4/c1-13(7-11(14)15)8-12(16)17-9-10-5-3-2-4-6-10/h2-6H,7-9H2,1H3,(H,14,15). The molecular weight excluding hydrogens is 222 g/mol. The molecule has 17 heavy (non-hydrogen) atoms. The van der Waals surface area contributed by atoms with E-state index in [2.05, 4.69) is 0 Å². The number of carboxylic acids is 1. The highest BCUT2D eigenvalue weighted by Crippen LogP contribution is 2.00. The van der Waals surface area contributed by atoms with Crippen LogP contribution in [0, 0.1) is 0 Å². The lowest BCUT2D eigenvalue weighted by Crippen LogP contribution is -2.31. The van der Waals surface area contributed by atoms with Gasteiger partial charge in [0.25, 0.3) is 0 Å². The van der Waals surface area contributed by atoms with Gasteiger partial charge in [0, 0.05) is 0 Å². The van der Waals surface area contributed by atoms with E-state index in [0.717, 1.165) is 5.56 Å². The number of carboxylic acid groups (broad SMARTS) is 1. The molecule has 0 heterocycles. The van der Waals surface area contributed by atoms with Gasteiger partial charge in [-0.15, -0.1) is 0 Å². The van der Waals surface area contributed by atoms with Gasteiger partial charge >= 0.3 is 11.9 Å². The third kappa shape index (κ3) is 5.67. The van der Waals surface area contributed by atoms with Crippen LogP contribution in [0.15, 0.2) is 30.3 Å². The second-order valence-corrected chi connectivity index (χ2v) is 3.71. The van der Waals surface area contributed by atoms with Crippen LogP contribution < -0.4 is 0 Å². The van der Waals surface area contributed by atoms with Gasteiger partial charge in [-0.05, 0) is 12.6 Å². The Morgan fingerprint density at radius 2 is 1.88 bits per heavy atom. The molecule has 0 fully saturated rings. The molecule has 0 saturated heterocycles. The van der Waals surface area contributed by atoms with E-state index in [1.807, 2.05) is 30.3 Å². The molecule has 0 atom stereocenters. The lowest BCUT2D eigenvalue weighted by atomic mass is 10.2. The predicted molar refractivity (Wildman–Crippen MR) is 61.4 cm³/mol. The second kappa shape index (κ2) is 6.65. The summed E-state index contributed by atoms with van der Waals surface area (Å²) in [5, 5.41) is 8.51. The van der Waals surface area contributed by atoms with Crippen LogP contribution in [0.3, 0.4) is 0 Å². The van der Waals surface area contributed by atoms with E-state index in [9.17, 15) is 9.59 Å². The van der Waals surface area contributed by atoms with Crippen LogP contribution in [0.4, 0.5) is 0 Å². The topological polar surface area (TPSA) is 66.8 Å². The van der Waals surface area contributed by atoms with Gasteiger partial charge in [0.2, 0.25) is 0 Å². The molecule has 0 aliphatic rings. The minimum absolute atomic E-state index is 0.0286. The Hall–Kier alpha value is -1.88. The first-order valence-corrected chi connectivity index (χ1v) is 5.18. The van der Waals surface area contributed by atoms with Crippen molar-refractivity contribution in [3.8, 4) is 0 Å². The Bertz CT molecular complexity index is 377. The molecule has 1 rings (SSSR count). The molecule has 1 aromatic carbocycles. The third-order valence-electron chi connectivity index (χ3n) is 2.05. The number of hydrogen-bond donors (Lipinski definition) is 1. The maximum Gasteiger partial charge on any atom is 0.320 e. The van der Waals surface area contributed by atoms with E-state index in [1.165, 1.54) is 4.90 Å². The first kappa shape index (κ1) is 13.2. The van der Waals surface area contributed by atoms with Crippen molar-refractivity contribution >= 4 is 11.9 Å². The fourth-order valence-corrected chi connectivity index (χ4v) is 1.29. The molecule has 0 aliphatic carbocycles. The summed E-state index contributed by atoms with van der Waals surface area (Å²) in [6, 6.07) is 9.31. The van der Waals surface area contributed by atoms with E-state index in [4.69, 9.17) is 9.84 Å². The highest BCUT2D eigenvalue weighted by molar-refractivity contribution is 5.73. The smallest absolute Gasteiger partial charge is 0.320 e.